The summed E-state index contributed by atoms with van der Waals surface area (Å²) in [6, 6.07) is 24.4. The van der Waals surface area contributed by atoms with Gasteiger partial charge in [0.05, 0.1) is 0 Å². The molecule has 0 bridgehead atoms. The summed E-state index contributed by atoms with van der Waals surface area (Å²) < 4.78 is 4.11. The Kier molecular flexibility index (Phi) is 5.48. The van der Waals surface area contributed by atoms with E-state index in [4.69, 9.17) is 7.85 Å². The number of hydrogen-bond donors (Lipinski definition) is 2. The van der Waals surface area contributed by atoms with E-state index in [1.807, 2.05) is 41.4 Å². The predicted molar refractivity (Wildman–Crippen MR) is 128 cm³/mol. The molecule has 2 radical (unpaired) electrons. The minimum atomic E-state index is -1.49. The van der Waals surface area contributed by atoms with Gasteiger partial charge in [0, 0.05) is 28.7 Å². The molecular formula is C26H22B2N2O2+2. The summed E-state index contributed by atoms with van der Waals surface area (Å²) in [6.45, 7) is 1.33. The lowest BCUT2D eigenvalue weighted by atomic mass is 9.82. The van der Waals surface area contributed by atoms with Gasteiger partial charge in [0.15, 0.2) is 37.9 Å². The van der Waals surface area contributed by atoms with Crippen LogP contribution in [0.4, 0.5) is 0 Å². The van der Waals surface area contributed by atoms with E-state index in [0.29, 0.717) is 18.6 Å². The van der Waals surface area contributed by atoms with Crippen LogP contribution in [-0.4, -0.2) is 25.0 Å². The molecule has 0 aliphatic carbocycles. The van der Waals surface area contributed by atoms with Crippen LogP contribution in [-0.2, 0) is 13.1 Å². The minimum Gasteiger partial charge on any atom is -0.423 e. The summed E-state index contributed by atoms with van der Waals surface area (Å²) in [5, 5.41) is 24.0. The molecule has 5 aromatic rings. The first-order chi connectivity index (χ1) is 15.6. The summed E-state index contributed by atoms with van der Waals surface area (Å²) in [5.74, 6) is 0. The molecule has 0 amide bonds. The Bertz CT molecular complexity index is 1380. The van der Waals surface area contributed by atoms with E-state index in [1.165, 1.54) is 32.7 Å². The zero-order chi connectivity index (χ0) is 22.1. The van der Waals surface area contributed by atoms with Gasteiger partial charge in [0.25, 0.3) is 0 Å². The molecule has 2 N–H and O–H groups in total. The number of benzene rings is 3. The first-order valence-corrected chi connectivity index (χ1v) is 10.6. The Hall–Kier alpha value is -3.47. The van der Waals surface area contributed by atoms with E-state index < -0.39 is 7.12 Å². The van der Waals surface area contributed by atoms with Gasteiger partial charge in [-0.2, -0.15) is 0 Å². The fourth-order valence-corrected chi connectivity index (χ4v) is 4.45. The molecule has 0 fully saturated rings. The molecule has 0 atom stereocenters. The normalized spacial score (nSPS) is 11.2. The summed E-state index contributed by atoms with van der Waals surface area (Å²) in [7, 11) is 4.53. The van der Waals surface area contributed by atoms with Crippen LogP contribution in [0.25, 0.3) is 21.5 Å². The van der Waals surface area contributed by atoms with Crippen molar-refractivity contribution in [2.45, 2.75) is 13.1 Å². The van der Waals surface area contributed by atoms with Crippen LogP contribution in [0.15, 0.2) is 97.6 Å². The van der Waals surface area contributed by atoms with E-state index in [2.05, 4.69) is 53.1 Å². The van der Waals surface area contributed by atoms with Crippen molar-refractivity contribution in [2.75, 3.05) is 0 Å². The van der Waals surface area contributed by atoms with Crippen molar-refractivity contribution in [2.24, 2.45) is 0 Å². The molecule has 6 heteroatoms. The average Bonchev–Trinajstić information content (AvgIpc) is 2.81. The molecule has 152 valence electrons. The van der Waals surface area contributed by atoms with Gasteiger partial charge < -0.3 is 10.0 Å². The van der Waals surface area contributed by atoms with Crippen LogP contribution in [0.1, 0.15) is 11.1 Å². The second-order valence-electron chi connectivity index (χ2n) is 8.04. The highest BCUT2D eigenvalue weighted by Gasteiger charge is 2.20. The van der Waals surface area contributed by atoms with Gasteiger partial charge in [-0.15, -0.1) is 0 Å². The Morgan fingerprint density at radius 2 is 1.09 bits per heavy atom. The Labute approximate surface area is 188 Å². The highest BCUT2D eigenvalue weighted by atomic mass is 16.4. The smallest absolute Gasteiger partial charge is 0.423 e. The Morgan fingerprint density at radius 3 is 1.56 bits per heavy atom. The third kappa shape index (κ3) is 3.91. The van der Waals surface area contributed by atoms with E-state index in [9.17, 15) is 10.0 Å². The standard InChI is InChI=1S/C26H22B2N2O2/c27-19-7-5-13-29(15-19)17-25-21-9-1-3-11-23(21)26(24-12-4-2-10-22(24)25)18-30-14-6-8-20(16-30)28(31)32/h1-16,31-32H,17-18H2/q+2. The molecule has 0 saturated carbocycles. The first kappa shape index (κ1) is 20.4. The topological polar surface area (TPSA) is 48.2 Å². The molecule has 0 spiro atoms. The van der Waals surface area contributed by atoms with Crippen LogP contribution >= 0.6 is 0 Å². The largest absolute Gasteiger partial charge is 0.494 e. The Morgan fingerprint density at radius 1 is 0.625 bits per heavy atom. The van der Waals surface area contributed by atoms with Crippen LogP contribution in [0.5, 0.6) is 0 Å². The van der Waals surface area contributed by atoms with Gasteiger partial charge in [0.1, 0.15) is 7.85 Å². The fourth-order valence-electron chi connectivity index (χ4n) is 4.45. The van der Waals surface area contributed by atoms with E-state index in [-0.39, 0.29) is 0 Å². The highest BCUT2D eigenvalue weighted by molar-refractivity contribution is 6.58. The van der Waals surface area contributed by atoms with Crippen LogP contribution in [0, 0.1) is 0 Å². The zero-order valence-corrected chi connectivity index (χ0v) is 17.6. The van der Waals surface area contributed by atoms with Crippen molar-refractivity contribution >= 4 is 47.4 Å². The fraction of sp³-hybridized carbons (Fsp3) is 0.0769. The lowest BCUT2D eigenvalue weighted by Crippen LogP contribution is -2.42. The lowest BCUT2D eigenvalue weighted by Gasteiger charge is -2.14. The first-order valence-electron chi connectivity index (χ1n) is 10.6. The summed E-state index contributed by atoms with van der Waals surface area (Å²) in [5.41, 5.74) is 3.66. The summed E-state index contributed by atoms with van der Waals surface area (Å²) in [4.78, 5) is 0. The molecule has 0 aliphatic heterocycles. The summed E-state index contributed by atoms with van der Waals surface area (Å²) in [6.07, 6.45) is 7.73. The van der Waals surface area contributed by atoms with E-state index in [0.717, 1.165) is 5.46 Å². The van der Waals surface area contributed by atoms with Crippen molar-refractivity contribution in [1.82, 2.24) is 0 Å². The van der Waals surface area contributed by atoms with E-state index in [1.54, 1.807) is 12.3 Å². The lowest BCUT2D eigenvalue weighted by molar-refractivity contribution is -0.687. The van der Waals surface area contributed by atoms with Gasteiger partial charge in [-0.05, 0) is 27.0 Å². The molecule has 0 aliphatic rings. The number of rotatable bonds is 5. The van der Waals surface area contributed by atoms with Gasteiger partial charge in [-0.1, -0.05) is 60.7 Å². The maximum atomic E-state index is 9.58. The van der Waals surface area contributed by atoms with Crippen molar-refractivity contribution < 1.29 is 19.2 Å². The molecule has 3 aromatic carbocycles. The van der Waals surface area contributed by atoms with Crippen LogP contribution < -0.4 is 20.1 Å². The molecule has 2 aromatic heterocycles. The maximum absolute atomic E-state index is 9.58. The second kappa shape index (κ2) is 8.58. The number of hydrogen-bond acceptors (Lipinski definition) is 2. The molecular weight excluding hydrogens is 394 g/mol. The monoisotopic (exact) mass is 416 g/mol. The average molecular weight is 416 g/mol. The van der Waals surface area contributed by atoms with Crippen molar-refractivity contribution in [3.8, 4) is 0 Å². The molecule has 2 heterocycles. The minimum absolute atomic E-state index is 0.468. The molecule has 32 heavy (non-hydrogen) atoms. The van der Waals surface area contributed by atoms with Crippen molar-refractivity contribution in [3.05, 3.63) is 109 Å². The van der Waals surface area contributed by atoms with E-state index >= 15 is 0 Å². The van der Waals surface area contributed by atoms with Crippen LogP contribution in [0.2, 0.25) is 0 Å². The van der Waals surface area contributed by atoms with Crippen molar-refractivity contribution in [1.29, 1.82) is 0 Å². The predicted octanol–water partition coefficient (Wildman–Crippen LogP) is 1.14. The number of pyridine rings is 2. The highest BCUT2D eigenvalue weighted by Crippen LogP contribution is 2.32. The van der Waals surface area contributed by atoms with Crippen molar-refractivity contribution in [3.63, 3.8) is 0 Å². The SMILES string of the molecule is [B]c1ccc[n+](Cc2c3ccccc3c(C[n+]3cccc(B(O)O)c3)c3ccccc23)c1. The molecule has 5 rings (SSSR count). The molecule has 0 saturated heterocycles. The van der Waals surface area contributed by atoms with Gasteiger partial charge in [0.2, 0.25) is 0 Å². The third-order valence-electron chi connectivity index (χ3n) is 5.90. The summed E-state index contributed by atoms with van der Waals surface area (Å²) >= 11 is 0. The zero-order valence-electron chi connectivity index (χ0n) is 17.6. The second-order valence-corrected chi connectivity index (χ2v) is 8.04. The van der Waals surface area contributed by atoms with Gasteiger partial charge in [-0.25, -0.2) is 9.13 Å². The molecule has 0 unspecified atom stereocenters. The Balaban J connectivity index is 1.72. The van der Waals surface area contributed by atoms with Gasteiger partial charge >= 0.3 is 7.12 Å². The number of fused-ring (bicyclic) bond motifs is 2. The molecule has 4 nitrogen and oxygen atoms in total. The number of aromatic nitrogens is 2. The number of nitrogens with zero attached hydrogens (tertiary/aromatic N) is 2. The third-order valence-corrected chi connectivity index (χ3v) is 5.90. The van der Waals surface area contributed by atoms with Gasteiger partial charge in [-0.3, -0.25) is 0 Å². The quantitative estimate of drug-likeness (QED) is 0.257. The van der Waals surface area contributed by atoms with Crippen LogP contribution in [0.3, 0.4) is 0 Å². The maximum Gasteiger partial charge on any atom is 0.494 e.